The Morgan fingerprint density at radius 1 is 1.26 bits per heavy atom. The number of nitrogens with one attached hydrogen (secondary N) is 1. The van der Waals surface area contributed by atoms with Gasteiger partial charge < -0.3 is 5.32 Å². The third-order valence-corrected chi connectivity index (χ3v) is 4.08. The summed E-state index contributed by atoms with van der Waals surface area (Å²) in [4.78, 5) is 0. The van der Waals surface area contributed by atoms with Crippen molar-refractivity contribution in [2.24, 2.45) is 0 Å². The molecule has 0 radical (unpaired) electrons. The highest BCUT2D eigenvalue weighted by Gasteiger charge is 2.08. The molecule has 1 unspecified atom stereocenters. The van der Waals surface area contributed by atoms with Crippen molar-refractivity contribution in [2.45, 2.75) is 19.5 Å². The van der Waals surface area contributed by atoms with E-state index in [-0.39, 0.29) is 16.9 Å². The fourth-order valence-corrected chi connectivity index (χ4v) is 2.35. The van der Waals surface area contributed by atoms with Crippen LogP contribution in [-0.2, 0) is 6.54 Å². The molecule has 2 aromatic rings. The third kappa shape index (κ3) is 3.78. The molecule has 4 heteroatoms. The Labute approximate surface area is 125 Å². The summed E-state index contributed by atoms with van der Waals surface area (Å²) in [6.07, 6.45) is 0. The molecule has 0 spiro atoms. The summed E-state index contributed by atoms with van der Waals surface area (Å²) in [6.45, 7) is 2.71. The third-order valence-electron chi connectivity index (χ3n) is 3.00. The van der Waals surface area contributed by atoms with Gasteiger partial charge in [-0.2, -0.15) is 0 Å². The maximum Gasteiger partial charge on any atom is 0.142 e. The topological polar surface area (TPSA) is 12.0 Å². The molecular formula is C15H14BrClFN. The van der Waals surface area contributed by atoms with E-state index < -0.39 is 0 Å². The minimum Gasteiger partial charge on any atom is -0.306 e. The average Bonchev–Trinajstić information content (AvgIpc) is 2.40. The van der Waals surface area contributed by atoms with E-state index in [0.717, 1.165) is 10.0 Å². The van der Waals surface area contributed by atoms with Gasteiger partial charge in [0, 0.05) is 17.1 Å². The summed E-state index contributed by atoms with van der Waals surface area (Å²) in [7, 11) is 0. The minimum absolute atomic E-state index is 0.0545. The van der Waals surface area contributed by atoms with Gasteiger partial charge >= 0.3 is 0 Å². The van der Waals surface area contributed by atoms with Crippen LogP contribution in [0.4, 0.5) is 4.39 Å². The molecule has 2 aromatic carbocycles. The van der Waals surface area contributed by atoms with Crippen molar-refractivity contribution in [3.63, 3.8) is 0 Å². The summed E-state index contributed by atoms with van der Waals surface area (Å²) in [5, 5.41) is 3.52. The van der Waals surface area contributed by atoms with Crippen LogP contribution in [0.15, 0.2) is 46.9 Å². The Kier molecular flexibility index (Phi) is 4.97. The lowest BCUT2D eigenvalue weighted by Crippen LogP contribution is -2.18. The van der Waals surface area contributed by atoms with Crippen LogP contribution in [0.25, 0.3) is 0 Å². The van der Waals surface area contributed by atoms with Gasteiger partial charge in [-0.3, -0.25) is 0 Å². The predicted molar refractivity (Wildman–Crippen MR) is 80.8 cm³/mol. The second kappa shape index (κ2) is 6.51. The van der Waals surface area contributed by atoms with Crippen LogP contribution >= 0.6 is 27.5 Å². The first-order valence-electron chi connectivity index (χ1n) is 5.99. The zero-order valence-electron chi connectivity index (χ0n) is 10.5. The zero-order valence-corrected chi connectivity index (χ0v) is 12.8. The maximum absolute atomic E-state index is 13.4. The highest BCUT2D eigenvalue weighted by molar-refractivity contribution is 9.10. The Hall–Kier alpha value is -0.900. The molecule has 1 nitrogen and oxygen atoms in total. The Bertz CT molecular complexity index is 574. The molecular weight excluding hydrogens is 329 g/mol. The zero-order chi connectivity index (χ0) is 13.8. The molecule has 19 heavy (non-hydrogen) atoms. The van der Waals surface area contributed by atoms with Gasteiger partial charge in [0.05, 0.1) is 5.02 Å². The molecule has 0 heterocycles. The van der Waals surface area contributed by atoms with Gasteiger partial charge in [-0.15, -0.1) is 0 Å². The molecule has 0 fully saturated rings. The molecule has 0 aliphatic heterocycles. The first-order valence-corrected chi connectivity index (χ1v) is 7.17. The normalized spacial score (nSPS) is 12.4. The molecule has 1 atom stereocenters. The molecule has 0 aliphatic rings. The lowest BCUT2D eigenvalue weighted by molar-refractivity contribution is 0.564. The quantitative estimate of drug-likeness (QED) is 0.816. The SMILES string of the molecule is CC(NCc1ccccc1Br)c1ccc(Cl)c(F)c1. The van der Waals surface area contributed by atoms with E-state index in [1.54, 1.807) is 6.07 Å². The number of hydrogen-bond acceptors (Lipinski definition) is 1. The van der Waals surface area contributed by atoms with Gasteiger partial charge in [0.15, 0.2) is 0 Å². The Morgan fingerprint density at radius 2 is 2.00 bits per heavy atom. The molecule has 0 bridgehead atoms. The van der Waals surface area contributed by atoms with Gasteiger partial charge in [-0.05, 0) is 36.2 Å². The van der Waals surface area contributed by atoms with Crippen LogP contribution in [0.3, 0.4) is 0 Å². The van der Waals surface area contributed by atoms with Gasteiger partial charge in [-0.1, -0.05) is 51.8 Å². The largest absolute Gasteiger partial charge is 0.306 e. The molecule has 0 aliphatic carbocycles. The van der Waals surface area contributed by atoms with Gasteiger partial charge in [0.25, 0.3) is 0 Å². The Morgan fingerprint density at radius 3 is 2.68 bits per heavy atom. The van der Waals surface area contributed by atoms with E-state index in [0.29, 0.717) is 6.54 Å². The molecule has 0 aromatic heterocycles. The molecule has 0 saturated carbocycles. The monoisotopic (exact) mass is 341 g/mol. The average molecular weight is 343 g/mol. The van der Waals surface area contributed by atoms with Crippen LogP contribution in [0.2, 0.25) is 5.02 Å². The summed E-state index contributed by atoms with van der Waals surface area (Å²) in [5.74, 6) is -0.381. The fraction of sp³-hybridized carbons (Fsp3) is 0.200. The van der Waals surface area contributed by atoms with Crippen molar-refractivity contribution in [1.29, 1.82) is 0 Å². The highest BCUT2D eigenvalue weighted by Crippen LogP contribution is 2.21. The predicted octanol–water partition coefficient (Wildman–Crippen LogP) is 5.09. The summed E-state index contributed by atoms with van der Waals surface area (Å²) in [6, 6.07) is 13.0. The van der Waals surface area contributed by atoms with E-state index in [2.05, 4.69) is 21.2 Å². The van der Waals surface area contributed by atoms with Crippen molar-refractivity contribution in [2.75, 3.05) is 0 Å². The summed E-state index contributed by atoms with van der Waals surface area (Å²) >= 11 is 9.18. The standard InChI is InChI=1S/C15H14BrClFN/c1-10(11-6-7-14(17)15(18)8-11)19-9-12-4-2-3-5-13(12)16/h2-8,10,19H,9H2,1H3. The fourth-order valence-electron chi connectivity index (χ4n) is 1.80. The summed E-state index contributed by atoms with van der Waals surface area (Å²) < 4.78 is 14.5. The van der Waals surface area contributed by atoms with Crippen LogP contribution < -0.4 is 5.32 Å². The number of halogens is 3. The number of rotatable bonds is 4. The smallest absolute Gasteiger partial charge is 0.142 e. The van der Waals surface area contributed by atoms with Crippen molar-refractivity contribution >= 4 is 27.5 Å². The van der Waals surface area contributed by atoms with Crippen LogP contribution in [0, 0.1) is 5.82 Å². The molecule has 0 amide bonds. The second-order valence-electron chi connectivity index (χ2n) is 4.37. The van der Waals surface area contributed by atoms with Gasteiger partial charge in [0.1, 0.15) is 5.82 Å². The lowest BCUT2D eigenvalue weighted by Gasteiger charge is -2.15. The number of hydrogen-bond donors (Lipinski definition) is 1. The van der Waals surface area contributed by atoms with Crippen LogP contribution in [-0.4, -0.2) is 0 Å². The van der Waals surface area contributed by atoms with Gasteiger partial charge in [0.2, 0.25) is 0 Å². The van der Waals surface area contributed by atoms with Crippen molar-refractivity contribution in [3.05, 3.63) is 68.9 Å². The van der Waals surface area contributed by atoms with Crippen LogP contribution in [0.5, 0.6) is 0 Å². The maximum atomic E-state index is 13.4. The van der Waals surface area contributed by atoms with E-state index in [1.165, 1.54) is 11.6 Å². The first kappa shape index (κ1) is 14.5. The minimum atomic E-state index is -0.381. The van der Waals surface area contributed by atoms with E-state index in [9.17, 15) is 4.39 Å². The van der Waals surface area contributed by atoms with E-state index in [1.807, 2.05) is 37.3 Å². The second-order valence-corrected chi connectivity index (χ2v) is 5.63. The van der Waals surface area contributed by atoms with Crippen molar-refractivity contribution in [1.82, 2.24) is 5.32 Å². The number of benzene rings is 2. The molecule has 100 valence electrons. The highest BCUT2D eigenvalue weighted by atomic mass is 79.9. The van der Waals surface area contributed by atoms with Crippen molar-refractivity contribution < 1.29 is 4.39 Å². The molecule has 1 N–H and O–H groups in total. The van der Waals surface area contributed by atoms with Crippen LogP contribution in [0.1, 0.15) is 24.1 Å². The van der Waals surface area contributed by atoms with Gasteiger partial charge in [-0.25, -0.2) is 4.39 Å². The van der Waals surface area contributed by atoms with E-state index in [4.69, 9.17) is 11.6 Å². The van der Waals surface area contributed by atoms with E-state index >= 15 is 0 Å². The Balaban J connectivity index is 2.03. The molecule has 2 rings (SSSR count). The summed E-state index contributed by atoms with van der Waals surface area (Å²) in [5.41, 5.74) is 2.05. The molecule has 0 saturated heterocycles. The first-order chi connectivity index (χ1) is 9.08. The lowest BCUT2D eigenvalue weighted by atomic mass is 10.1. The van der Waals surface area contributed by atoms with Crippen molar-refractivity contribution in [3.8, 4) is 0 Å².